The molecule has 0 rings (SSSR count). The van der Waals surface area contributed by atoms with Gasteiger partial charge in [0, 0.05) is 0 Å². The van der Waals surface area contributed by atoms with Crippen LogP contribution in [0.5, 0.6) is 0 Å². The van der Waals surface area contributed by atoms with Gasteiger partial charge in [-0.2, -0.15) is 20.8 Å². The van der Waals surface area contributed by atoms with Crippen LogP contribution in [-0.4, -0.2) is 29.3 Å². The molecule has 0 aliphatic rings. The normalized spacial score (nSPS) is 13.0. The summed E-state index contributed by atoms with van der Waals surface area (Å²) in [6, 6.07) is 0.781. The molecule has 0 saturated heterocycles. The summed E-state index contributed by atoms with van der Waals surface area (Å²) < 4.78 is 9.01. The second-order valence-electron chi connectivity index (χ2n) is 10.4. The molecule has 1 unspecified atom stereocenters. The molecule has 0 radical (unpaired) electrons. The first kappa shape index (κ1) is 32.9. The predicted octanol–water partition coefficient (Wildman–Crippen LogP) is 8.58. The van der Waals surface area contributed by atoms with Gasteiger partial charge in [-0.15, -0.1) is 12.1 Å². The van der Waals surface area contributed by atoms with Gasteiger partial charge in [0.2, 0.25) is 0 Å². The number of rotatable bonds is 6. The second-order valence-corrected chi connectivity index (χ2v) is 11.7. The molecule has 0 aromatic rings. The molecule has 0 spiro atoms. The van der Waals surface area contributed by atoms with Crippen LogP contribution in [0.4, 0.5) is 0 Å². The van der Waals surface area contributed by atoms with E-state index in [1.54, 1.807) is 0 Å². The number of hydrogen-bond donors (Lipinski definition) is 0. The average Bonchev–Trinajstić information content (AvgIpc) is 2.41. The molecule has 0 aromatic heterocycles. The van der Waals surface area contributed by atoms with Gasteiger partial charge in [0.15, 0.2) is 0 Å². The summed E-state index contributed by atoms with van der Waals surface area (Å²) in [7, 11) is 0. The first-order valence-corrected chi connectivity index (χ1v) is 12.5. The van der Waals surface area contributed by atoms with Gasteiger partial charge in [0.1, 0.15) is 0 Å². The molecule has 0 heterocycles. The van der Waals surface area contributed by atoms with Crippen molar-refractivity contribution in [3.05, 3.63) is 16.6 Å². The maximum absolute atomic E-state index is 4.62. The average molecular weight is 480 g/mol. The molecular weight excluding hydrogens is 428 g/mol. The van der Waals surface area contributed by atoms with Gasteiger partial charge in [-0.3, -0.25) is 0 Å². The Kier molecular flexibility index (Phi) is 19.9. The summed E-state index contributed by atoms with van der Waals surface area (Å²) >= 11 is -0.473. The zero-order valence-corrected chi connectivity index (χ0v) is 23.7. The fourth-order valence-corrected chi connectivity index (χ4v) is 2.72. The van der Waals surface area contributed by atoms with Crippen LogP contribution in [0, 0.1) is 11.8 Å². The van der Waals surface area contributed by atoms with Crippen molar-refractivity contribution in [2.75, 3.05) is 0 Å². The summed E-state index contributed by atoms with van der Waals surface area (Å²) in [4.78, 5) is 0. The number of hydrogen-bond acceptors (Lipinski definition) is 2. The molecular formula is C23H51MoN4-3. The van der Waals surface area contributed by atoms with Crippen molar-refractivity contribution >= 4 is 0 Å². The third-order valence-electron chi connectivity index (χ3n) is 2.68. The van der Waals surface area contributed by atoms with Crippen LogP contribution in [0.15, 0.2) is 6.99 Å². The second kappa shape index (κ2) is 16.9. The van der Waals surface area contributed by atoms with Crippen LogP contribution >= 0.6 is 0 Å². The summed E-state index contributed by atoms with van der Waals surface area (Å²) in [6.07, 6.45) is 1.35. The van der Waals surface area contributed by atoms with Crippen molar-refractivity contribution in [1.29, 1.82) is 0 Å². The van der Waals surface area contributed by atoms with E-state index in [1.165, 1.54) is 5.92 Å². The monoisotopic (exact) mass is 481 g/mol. The van der Waals surface area contributed by atoms with E-state index in [4.69, 9.17) is 0 Å². The van der Waals surface area contributed by atoms with Crippen LogP contribution < -0.4 is 0 Å². The fourth-order valence-electron chi connectivity index (χ4n) is 1.42. The smallest absolute Gasteiger partial charge is 0.0566 e. The quantitative estimate of drug-likeness (QED) is 0.271. The Hall–Kier alpha value is 0.208. The molecule has 0 amide bonds. The molecule has 0 saturated carbocycles. The molecule has 5 heteroatoms. The minimum absolute atomic E-state index is 0.108. The van der Waals surface area contributed by atoms with Gasteiger partial charge in [-0.05, 0) is 0 Å². The van der Waals surface area contributed by atoms with Crippen LogP contribution in [0.25, 0.3) is 10.6 Å². The summed E-state index contributed by atoms with van der Waals surface area (Å²) in [5, 5.41) is 9.24. The van der Waals surface area contributed by atoms with Gasteiger partial charge < -0.3 is 16.6 Å². The SMILES string of the molecule is CC(C)(C)[N]=[Mo]=[N]C(C)(C)C.CCC(C)C([N-]C(C)C)[N-]C(C)C.C[C-](C)C. The molecule has 1 atom stereocenters. The minimum Gasteiger partial charge on any atom is -0.675 e. The van der Waals surface area contributed by atoms with E-state index >= 15 is 0 Å². The Morgan fingerprint density at radius 1 is 0.750 bits per heavy atom. The largest absolute Gasteiger partial charge is 0.675 e. The number of nitrogens with zero attached hydrogens (tertiary/aromatic N) is 4. The molecule has 28 heavy (non-hydrogen) atoms. The van der Waals surface area contributed by atoms with Gasteiger partial charge >= 0.3 is 77.8 Å². The first-order chi connectivity index (χ1) is 12.4. The van der Waals surface area contributed by atoms with Crippen molar-refractivity contribution in [2.45, 2.75) is 140 Å². The maximum Gasteiger partial charge on any atom is -0.0566 e. The Morgan fingerprint density at radius 2 is 1.04 bits per heavy atom. The zero-order valence-electron chi connectivity index (χ0n) is 21.7. The van der Waals surface area contributed by atoms with E-state index in [-0.39, 0.29) is 17.2 Å². The van der Waals surface area contributed by atoms with Crippen LogP contribution in [0.1, 0.15) is 110 Å². The van der Waals surface area contributed by atoms with Gasteiger partial charge in [-0.1, -0.05) is 53.9 Å². The van der Waals surface area contributed by atoms with E-state index < -0.39 is 18.2 Å². The van der Waals surface area contributed by atoms with Crippen LogP contribution in [0.2, 0.25) is 0 Å². The van der Waals surface area contributed by atoms with Crippen molar-refractivity contribution in [3.8, 4) is 0 Å². The molecule has 0 N–H and O–H groups in total. The molecule has 0 aliphatic heterocycles. The zero-order chi connectivity index (χ0) is 23.1. The summed E-state index contributed by atoms with van der Waals surface area (Å²) in [6.45, 7) is 31.9. The molecule has 172 valence electrons. The van der Waals surface area contributed by atoms with E-state index in [9.17, 15) is 0 Å². The van der Waals surface area contributed by atoms with Crippen LogP contribution in [-0.2, 0) is 18.2 Å². The third-order valence-corrected chi connectivity index (χ3v) is 5.78. The molecule has 0 aliphatic carbocycles. The Morgan fingerprint density at radius 3 is 1.21 bits per heavy atom. The van der Waals surface area contributed by atoms with E-state index in [0.29, 0.717) is 18.0 Å². The Labute approximate surface area is 187 Å². The predicted molar refractivity (Wildman–Crippen MR) is 125 cm³/mol. The van der Waals surface area contributed by atoms with E-state index in [0.717, 1.165) is 6.42 Å². The van der Waals surface area contributed by atoms with Crippen LogP contribution in [0.3, 0.4) is 0 Å². The fraction of sp³-hybridized carbons (Fsp3) is 0.957. The summed E-state index contributed by atoms with van der Waals surface area (Å²) in [5.41, 5.74) is 0.216. The third kappa shape index (κ3) is 33.8. The topological polar surface area (TPSA) is 52.9 Å². The van der Waals surface area contributed by atoms with Crippen molar-refractivity contribution in [1.82, 2.24) is 0 Å². The van der Waals surface area contributed by atoms with Gasteiger partial charge in [0.05, 0.1) is 0 Å². The Balaban J connectivity index is -0.000000378. The standard InChI is InChI=1S/C11H24N2.2C4H9N.C4H9.Mo/c1-7-10(6)11(12-8(2)3)13-9(4)5;2*1-4(2,3)5;1-4(2)3;/h8-11H,7H2,1-6H3;2*1-3H3;1-3H3;/q-2;;;-1;. The van der Waals surface area contributed by atoms with Crippen molar-refractivity contribution < 1.29 is 18.2 Å². The van der Waals surface area contributed by atoms with Gasteiger partial charge in [0.25, 0.3) is 0 Å². The van der Waals surface area contributed by atoms with Crippen molar-refractivity contribution in [2.24, 2.45) is 12.9 Å². The first-order valence-electron chi connectivity index (χ1n) is 10.7. The molecule has 0 aromatic carbocycles. The van der Waals surface area contributed by atoms with E-state index in [2.05, 4.69) is 121 Å². The molecule has 0 bridgehead atoms. The molecule has 0 fully saturated rings. The minimum atomic E-state index is -0.473. The molecule has 4 nitrogen and oxygen atoms in total. The van der Waals surface area contributed by atoms with Crippen molar-refractivity contribution in [3.63, 3.8) is 0 Å². The van der Waals surface area contributed by atoms with E-state index in [1.807, 2.05) is 0 Å². The maximum atomic E-state index is 4.62. The van der Waals surface area contributed by atoms with Gasteiger partial charge in [-0.25, -0.2) is 6.17 Å². The Bertz CT molecular complexity index is 381. The summed E-state index contributed by atoms with van der Waals surface area (Å²) in [5.74, 6) is 1.99.